The molecule has 1 amide bonds. The molecule has 1 aromatic heterocycles. The molecular formula is C28H26N4O3. The first kappa shape index (κ1) is 22.4. The number of para-hydroxylation sites is 1. The highest BCUT2D eigenvalue weighted by molar-refractivity contribution is 6.05. The van der Waals surface area contributed by atoms with Crippen molar-refractivity contribution in [1.82, 2.24) is 14.8 Å². The molecule has 0 saturated heterocycles. The van der Waals surface area contributed by atoms with Crippen LogP contribution >= 0.6 is 0 Å². The third kappa shape index (κ3) is 4.28. The van der Waals surface area contributed by atoms with E-state index in [0.717, 1.165) is 33.8 Å². The van der Waals surface area contributed by atoms with Gasteiger partial charge < -0.3 is 9.47 Å². The average Bonchev–Trinajstić information content (AvgIpc) is 3.54. The second-order valence-electron chi connectivity index (χ2n) is 8.28. The van der Waals surface area contributed by atoms with Gasteiger partial charge in [0, 0.05) is 36.2 Å². The number of aromatic nitrogens is 2. The topological polar surface area (TPSA) is 69.0 Å². The molecule has 1 aliphatic heterocycles. The Hall–Kier alpha value is -4.39. The highest BCUT2D eigenvalue weighted by atomic mass is 16.5. The Morgan fingerprint density at radius 2 is 1.66 bits per heavy atom. The van der Waals surface area contributed by atoms with Crippen LogP contribution in [0.1, 0.15) is 30.5 Å². The summed E-state index contributed by atoms with van der Waals surface area (Å²) in [6, 6.07) is 25.2. The van der Waals surface area contributed by atoms with Crippen molar-refractivity contribution in [2.75, 3.05) is 14.2 Å². The highest BCUT2D eigenvalue weighted by Gasteiger charge is 2.35. The lowest BCUT2D eigenvalue weighted by Crippen LogP contribution is -2.24. The zero-order valence-electron chi connectivity index (χ0n) is 19.9. The largest absolute Gasteiger partial charge is 0.497 e. The summed E-state index contributed by atoms with van der Waals surface area (Å²) in [5.74, 6) is 1.23. The molecule has 0 radical (unpaired) electrons. The van der Waals surface area contributed by atoms with E-state index in [0.29, 0.717) is 17.9 Å². The van der Waals surface area contributed by atoms with Gasteiger partial charge in [0.05, 0.1) is 37.4 Å². The minimum absolute atomic E-state index is 0.140. The van der Waals surface area contributed by atoms with Crippen molar-refractivity contribution in [3.63, 3.8) is 0 Å². The van der Waals surface area contributed by atoms with Crippen LogP contribution in [0, 0.1) is 0 Å². The van der Waals surface area contributed by atoms with Gasteiger partial charge in [0.15, 0.2) is 0 Å². The lowest BCUT2D eigenvalue weighted by molar-refractivity contribution is -0.130. The molecule has 0 N–H and O–H groups in total. The molecule has 0 bridgehead atoms. The fourth-order valence-corrected chi connectivity index (χ4v) is 4.41. The van der Waals surface area contributed by atoms with Crippen LogP contribution in [0.5, 0.6) is 11.5 Å². The third-order valence-corrected chi connectivity index (χ3v) is 6.12. The Bertz CT molecular complexity index is 1380. The predicted molar refractivity (Wildman–Crippen MR) is 135 cm³/mol. The predicted octanol–water partition coefficient (Wildman–Crippen LogP) is 5.25. The number of benzene rings is 3. The number of ether oxygens (including phenoxy) is 2. The lowest BCUT2D eigenvalue weighted by Gasteiger charge is -2.20. The molecule has 2 heterocycles. The van der Waals surface area contributed by atoms with Gasteiger partial charge in [0.1, 0.15) is 11.5 Å². The summed E-state index contributed by atoms with van der Waals surface area (Å²) in [4.78, 5) is 12.7. The Balaban J connectivity index is 1.62. The van der Waals surface area contributed by atoms with Crippen LogP contribution in [-0.2, 0) is 4.79 Å². The number of rotatable bonds is 6. The normalized spacial score (nSPS) is 15.1. The number of carbonyl (C=O) groups is 1. The molecule has 176 valence electrons. The van der Waals surface area contributed by atoms with Gasteiger partial charge in [-0.05, 0) is 30.3 Å². The number of nitrogens with zero attached hydrogens (tertiary/aromatic N) is 4. The van der Waals surface area contributed by atoms with Crippen molar-refractivity contribution >= 4 is 11.6 Å². The Labute approximate surface area is 204 Å². The van der Waals surface area contributed by atoms with Crippen LogP contribution in [0.25, 0.3) is 16.9 Å². The Morgan fingerprint density at radius 1 is 0.943 bits per heavy atom. The summed E-state index contributed by atoms with van der Waals surface area (Å²) in [7, 11) is 3.25. The zero-order valence-corrected chi connectivity index (χ0v) is 19.9. The van der Waals surface area contributed by atoms with Gasteiger partial charge in [-0.15, -0.1) is 0 Å². The van der Waals surface area contributed by atoms with Crippen molar-refractivity contribution in [3.8, 4) is 28.4 Å². The lowest BCUT2D eigenvalue weighted by atomic mass is 9.96. The van der Waals surface area contributed by atoms with Gasteiger partial charge in [-0.2, -0.15) is 10.2 Å². The second-order valence-corrected chi connectivity index (χ2v) is 8.28. The highest BCUT2D eigenvalue weighted by Crippen LogP contribution is 2.40. The van der Waals surface area contributed by atoms with E-state index in [2.05, 4.69) is 0 Å². The molecule has 3 aromatic carbocycles. The van der Waals surface area contributed by atoms with E-state index >= 15 is 0 Å². The molecule has 5 rings (SSSR count). The molecule has 35 heavy (non-hydrogen) atoms. The van der Waals surface area contributed by atoms with Crippen LogP contribution < -0.4 is 9.47 Å². The van der Waals surface area contributed by atoms with E-state index in [1.54, 1.807) is 19.2 Å². The van der Waals surface area contributed by atoms with Crippen LogP contribution in [-0.4, -0.2) is 40.6 Å². The molecule has 0 unspecified atom stereocenters. The minimum Gasteiger partial charge on any atom is -0.497 e. The molecule has 7 nitrogen and oxygen atoms in total. The number of methoxy groups -OCH3 is 2. The molecule has 1 aliphatic rings. The van der Waals surface area contributed by atoms with Crippen LogP contribution in [0.15, 0.2) is 90.2 Å². The van der Waals surface area contributed by atoms with Gasteiger partial charge in [-0.3, -0.25) is 4.79 Å². The molecule has 0 spiro atoms. The van der Waals surface area contributed by atoms with Crippen LogP contribution in [0.4, 0.5) is 0 Å². The number of hydrazone groups is 1. The van der Waals surface area contributed by atoms with Gasteiger partial charge in [-0.25, -0.2) is 9.69 Å². The van der Waals surface area contributed by atoms with Gasteiger partial charge in [0.2, 0.25) is 5.91 Å². The molecule has 7 heteroatoms. The van der Waals surface area contributed by atoms with Crippen LogP contribution in [0.2, 0.25) is 0 Å². The average molecular weight is 467 g/mol. The summed E-state index contributed by atoms with van der Waals surface area (Å²) < 4.78 is 12.9. The van der Waals surface area contributed by atoms with E-state index in [-0.39, 0.29) is 11.9 Å². The number of carbonyl (C=O) groups excluding carboxylic acids is 1. The summed E-state index contributed by atoms with van der Waals surface area (Å²) in [5, 5.41) is 11.2. The second kappa shape index (κ2) is 9.46. The van der Waals surface area contributed by atoms with Gasteiger partial charge in [-0.1, -0.05) is 48.5 Å². The maximum atomic E-state index is 12.7. The maximum absolute atomic E-state index is 12.7. The fraction of sp³-hybridized carbons (Fsp3) is 0.179. The first-order valence-electron chi connectivity index (χ1n) is 11.4. The number of hydrogen-bond acceptors (Lipinski definition) is 5. The molecule has 1 atom stereocenters. The van der Waals surface area contributed by atoms with E-state index in [9.17, 15) is 4.79 Å². The number of amides is 1. The molecule has 0 aliphatic carbocycles. The standard InChI is InChI=1S/C28H26N4O3/c1-19(33)32-26(17-25(29-32)23-16-22(34-2)14-15-27(23)35-3)24-18-31(21-12-8-5-9-13-21)30-28(24)20-10-6-4-7-11-20/h4-16,18,26H,17H2,1-3H3/t26-/m0/s1. The summed E-state index contributed by atoms with van der Waals surface area (Å²) in [6.07, 6.45) is 2.52. The van der Waals surface area contributed by atoms with E-state index in [1.165, 1.54) is 6.92 Å². The molecule has 4 aromatic rings. The van der Waals surface area contributed by atoms with Crippen LogP contribution in [0.3, 0.4) is 0 Å². The van der Waals surface area contributed by atoms with Crippen molar-refractivity contribution in [2.45, 2.75) is 19.4 Å². The maximum Gasteiger partial charge on any atom is 0.240 e. The smallest absolute Gasteiger partial charge is 0.240 e. The first-order chi connectivity index (χ1) is 17.1. The van der Waals surface area contributed by atoms with Crippen molar-refractivity contribution in [2.24, 2.45) is 5.10 Å². The summed E-state index contributed by atoms with van der Waals surface area (Å²) in [6.45, 7) is 1.53. The van der Waals surface area contributed by atoms with E-state index in [4.69, 9.17) is 19.7 Å². The van der Waals surface area contributed by atoms with Gasteiger partial charge in [0.25, 0.3) is 0 Å². The zero-order chi connectivity index (χ0) is 24.4. The molecule has 0 fully saturated rings. The first-order valence-corrected chi connectivity index (χ1v) is 11.4. The van der Waals surface area contributed by atoms with Gasteiger partial charge >= 0.3 is 0 Å². The number of hydrogen-bond donors (Lipinski definition) is 0. The van der Waals surface area contributed by atoms with Crippen molar-refractivity contribution in [1.29, 1.82) is 0 Å². The summed E-state index contributed by atoms with van der Waals surface area (Å²) >= 11 is 0. The van der Waals surface area contributed by atoms with Crippen molar-refractivity contribution in [3.05, 3.63) is 96.2 Å². The fourth-order valence-electron chi connectivity index (χ4n) is 4.41. The SMILES string of the molecule is COc1ccc(OC)c(C2=NN(C(C)=O)[C@H](c3cn(-c4ccccc4)nc3-c3ccccc3)C2)c1. The monoisotopic (exact) mass is 466 g/mol. The van der Waals surface area contributed by atoms with E-state index < -0.39 is 0 Å². The molecular weight excluding hydrogens is 440 g/mol. The quantitative estimate of drug-likeness (QED) is 0.389. The van der Waals surface area contributed by atoms with Crippen molar-refractivity contribution < 1.29 is 14.3 Å². The summed E-state index contributed by atoms with van der Waals surface area (Å²) in [5.41, 5.74) is 5.23. The Morgan fingerprint density at radius 3 is 2.31 bits per heavy atom. The Kier molecular flexibility index (Phi) is 6.06. The minimum atomic E-state index is -0.314. The molecule has 0 saturated carbocycles. The van der Waals surface area contributed by atoms with E-state index in [1.807, 2.05) is 89.7 Å². The third-order valence-electron chi connectivity index (χ3n) is 6.12.